The molecule has 0 spiro atoms. The van der Waals surface area contributed by atoms with Crippen molar-refractivity contribution in [2.75, 3.05) is 46.6 Å². The maximum Gasteiger partial charge on any atom is 0.161 e. The Bertz CT molecular complexity index is 1170. The van der Waals surface area contributed by atoms with Gasteiger partial charge in [0.1, 0.15) is 35.4 Å². The smallest absolute Gasteiger partial charge is 0.161 e. The first-order chi connectivity index (χ1) is 18.4. The quantitative estimate of drug-likeness (QED) is 0.356. The summed E-state index contributed by atoms with van der Waals surface area (Å²) in [6, 6.07) is 8.72. The minimum absolute atomic E-state index is 0.0163. The highest BCUT2D eigenvalue weighted by atomic mass is 19.1. The average Bonchev–Trinajstić information content (AvgIpc) is 3.27. The van der Waals surface area contributed by atoms with Crippen molar-refractivity contribution in [2.45, 2.75) is 38.5 Å². The van der Waals surface area contributed by atoms with Gasteiger partial charge in [-0.25, -0.2) is 13.8 Å². The molecule has 1 atom stereocenters. The lowest BCUT2D eigenvalue weighted by Gasteiger charge is -2.30. The molecule has 206 valence electrons. The van der Waals surface area contributed by atoms with E-state index >= 15 is 0 Å². The predicted molar refractivity (Wildman–Crippen MR) is 138 cm³/mol. The van der Waals surface area contributed by atoms with Crippen LogP contribution in [0, 0.1) is 11.6 Å². The van der Waals surface area contributed by atoms with Gasteiger partial charge in [0.2, 0.25) is 0 Å². The molecule has 2 heterocycles. The fourth-order valence-corrected chi connectivity index (χ4v) is 4.51. The molecule has 8 nitrogen and oxygen atoms in total. The zero-order chi connectivity index (χ0) is 27.0. The Balaban J connectivity index is 1.35. The van der Waals surface area contributed by atoms with E-state index in [0.717, 1.165) is 49.0 Å². The van der Waals surface area contributed by atoms with Crippen molar-refractivity contribution in [3.05, 3.63) is 71.8 Å². The Hall–Kier alpha value is -3.21. The van der Waals surface area contributed by atoms with E-state index in [1.165, 1.54) is 0 Å². The first-order valence-corrected chi connectivity index (χ1v) is 12.8. The molecular weight excluding hydrogens is 496 g/mol. The number of aromatic nitrogens is 2. The van der Waals surface area contributed by atoms with Gasteiger partial charge in [0.05, 0.1) is 26.9 Å². The Morgan fingerprint density at radius 3 is 2.68 bits per heavy atom. The van der Waals surface area contributed by atoms with Gasteiger partial charge < -0.3 is 28.6 Å². The van der Waals surface area contributed by atoms with Gasteiger partial charge in [0.15, 0.2) is 11.5 Å². The number of β-amino-alcohol motifs (C(OH)–C–C–N with tert-alkyl or cyclic N) is 1. The number of benzene rings is 2. The second-order valence-electron chi connectivity index (χ2n) is 9.46. The number of rotatable bonds is 12. The van der Waals surface area contributed by atoms with Crippen LogP contribution in [-0.4, -0.2) is 71.8 Å². The van der Waals surface area contributed by atoms with Gasteiger partial charge in [-0.05, 0) is 24.1 Å². The average molecular weight is 532 g/mol. The summed E-state index contributed by atoms with van der Waals surface area (Å²) >= 11 is 0. The molecule has 1 aliphatic heterocycles. The summed E-state index contributed by atoms with van der Waals surface area (Å²) in [4.78, 5) is 6.40. The van der Waals surface area contributed by atoms with E-state index in [-0.39, 0.29) is 25.5 Å². The number of methoxy groups -OCH3 is 1. The molecule has 0 radical (unpaired) electrons. The van der Waals surface area contributed by atoms with Crippen LogP contribution in [0.4, 0.5) is 8.78 Å². The minimum atomic E-state index is -1.35. The topological polar surface area (TPSA) is 78.2 Å². The maximum atomic E-state index is 13.5. The van der Waals surface area contributed by atoms with Crippen molar-refractivity contribution in [3.63, 3.8) is 0 Å². The first-order valence-electron chi connectivity index (χ1n) is 12.8. The van der Waals surface area contributed by atoms with Crippen LogP contribution in [0.25, 0.3) is 0 Å². The molecule has 0 saturated carbocycles. The second kappa shape index (κ2) is 13.0. The molecule has 38 heavy (non-hydrogen) atoms. The van der Waals surface area contributed by atoms with Gasteiger partial charge in [-0.2, -0.15) is 0 Å². The number of halogens is 2. The summed E-state index contributed by atoms with van der Waals surface area (Å²) in [7, 11) is 1.61. The normalized spacial score (nSPS) is 18.2. The van der Waals surface area contributed by atoms with Crippen molar-refractivity contribution in [2.24, 2.45) is 0 Å². The predicted octanol–water partition coefficient (Wildman–Crippen LogP) is 3.84. The van der Waals surface area contributed by atoms with Crippen LogP contribution < -0.4 is 14.2 Å². The maximum absolute atomic E-state index is 13.5. The molecule has 1 aromatic heterocycles. The molecule has 1 N–H and O–H groups in total. The van der Waals surface area contributed by atoms with Gasteiger partial charge >= 0.3 is 0 Å². The number of imidazole rings is 1. The third-order valence-electron chi connectivity index (χ3n) is 6.34. The fourth-order valence-electron chi connectivity index (χ4n) is 4.51. The Labute approximate surface area is 221 Å². The zero-order valence-electron chi connectivity index (χ0n) is 21.9. The molecule has 1 saturated heterocycles. The van der Waals surface area contributed by atoms with E-state index in [2.05, 4.69) is 21.4 Å². The van der Waals surface area contributed by atoms with Gasteiger partial charge in [-0.3, -0.25) is 4.90 Å². The number of hydrogen-bond donors (Lipinski definition) is 1. The highest BCUT2D eigenvalue weighted by Gasteiger charge is 2.33. The van der Waals surface area contributed by atoms with E-state index in [0.29, 0.717) is 37.8 Å². The van der Waals surface area contributed by atoms with E-state index < -0.39 is 17.2 Å². The van der Waals surface area contributed by atoms with Crippen molar-refractivity contribution in [1.29, 1.82) is 0 Å². The molecule has 0 bridgehead atoms. The van der Waals surface area contributed by atoms with Crippen molar-refractivity contribution in [3.8, 4) is 17.2 Å². The number of ether oxygens (including phenoxy) is 4. The summed E-state index contributed by atoms with van der Waals surface area (Å²) in [6.45, 7) is 5.15. The molecule has 2 aromatic carbocycles. The SMILES string of the molecule is CCc1nccn1CCCOc1cc(CN2CCOCC(O)(COc3cc(F)cc(F)c3)C2)ccc1OC. The molecule has 1 unspecified atom stereocenters. The summed E-state index contributed by atoms with van der Waals surface area (Å²) in [5.41, 5.74) is -0.364. The van der Waals surface area contributed by atoms with Crippen LogP contribution in [0.2, 0.25) is 0 Å². The number of aliphatic hydroxyl groups is 1. The van der Waals surface area contributed by atoms with Crippen molar-refractivity contribution < 1.29 is 32.8 Å². The number of aryl methyl sites for hydroxylation is 2. The largest absolute Gasteiger partial charge is 0.493 e. The fraction of sp³-hybridized carbons (Fsp3) is 0.464. The van der Waals surface area contributed by atoms with Crippen LogP contribution >= 0.6 is 0 Å². The molecule has 0 aliphatic carbocycles. The first kappa shape index (κ1) is 27.8. The lowest BCUT2D eigenvalue weighted by molar-refractivity contribution is -0.0647. The summed E-state index contributed by atoms with van der Waals surface area (Å²) < 4.78 is 51.8. The van der Waals surface area contributed by atoms with Crippen molar-refractivity contribution >= 4 is 0 Å². The van der Waals surface area contributed by atoms with Gasteiger partial charge in [0, 0.05) is 63.2 Å². The molecule has 10 heteroatoms. The molecule has 0 amide bonds. The van der Waals surface area contributed by atoms with Gasteiger partial charge in [0.25, 0.3) is 0 Å². The van der Waals surface area contributed by atoms with E-state index in [4.69, 9.17) is 18.9 Å². The second-order valence-corrected chi connectivity index (χ2v) is 9.46. The Kier molecular flexibility index (Phi) is 9.54. The van der Waals surface area contributed by atoms with E-state index in [1.807, 2.05) is 30.6 Å². The number of nitrogens with zero attached hydrogens (tertiary/aromatic N) is 3. The zero-order valence-corrected chi connectivity index (χ0v) is 21.9. The summed E-state index contributed by atoms with van der Waals surface area (Å²) in [5.74, 6) is 0.898. The third-order valence-corrected chi connectivity index (χ3v) is 6.34. The molecule has 1 fully saturated rings. The standard InChI is InChI=1S/C28H35F2N3O5/c1-3-27-31-7-9-33(27)8-4-11-37-26-13-21(5-6-25(26)35-2)17-32-10-12-36-19-28(34,18-32)20-38-24-15-22(29)14-23(30)16-24/h5-7,9,13-16,34H,3-4,8,10-12,17-20H2,1-2H3. The summed E-state index contributed by atoms with van der Waals surface area (Å²) in [5, 5.41) is 11.2. The van der Waals surface area contributed by atoms with Crippen LogP contribution in [0.3, 0.4) is 0 Å². The van der Waals surface area contributed by atoms with Crippen LogP contribution in [-0.2, 0) is 24.2 Å². The Morgan fingerprint density at radius 1 is 1.11 bits per heavy atom. The lowest BCUT2D eigenvalue weighted by Crippen LogP contribution is -2.48. The number of hydrogen-bond acceptors (Lipinski definition) is 7. The van der Waals surface area contributed by atoms with Crippen LogP contribution in [0.5, 0.6) is 17.2 Å². The minimum Gasteiger partial charge on any atom is -0.493 e. The van der Waals surface area contributed by atoms with E-state index in [1.54, 1.807) is 7.11 Å². The van der Waals surface area contributed by atoms with Crippen molar-refractivity contribution in [1.82, 2.24) is 14.5 Å². The van der Waals surface area contributed by atoms with Gasteiger partial charge in [-0.15, -0.1) is 0 Å². The molecule has 1 aliphatic rings. The highest BCUT2D eigenvalue weighted by Crippen LogP contribution is 2.29. The third kappa shape index (κ3) is 7.66. The molecule has 3 aromatic rings. The molecular formula is C28H35F2N3O5. The monoisotopic (exact) mass is 531 g/mol. The summed E-state index contributed by atoms with van der Waals surface area (Å²) in [6.07, 6.45) is 5.50. The van der Waals surface area contributed by atoms with Crippen LogP contribution in [0.1, 0.15) is 24.7 Å². The lowest BCUT2D eigenvalue weighted by atomic mass is 10.1. The van der Waals surface area contributed by atoms with Gasteiger partial charge in [-0.1, -0.05) is 13.0 Å². The highest BCUT2D eigenvalue weighted by molar-refractivity contribution is 5.43. The van der Waals surface area contributed by atoms with Crippen LogP contribution in [0.15, 0.2) is 48.8 Å². The molecule has 4 rings (SSSR count). The van der Waals surface area contributed by atoms with E-state index in [9.17, 15) is 13.9 Å². The Morgan fingerprint density at radius 2 is 1.92 bits per heavy atom.